The number of hydrogen-bond acceptors (Lipinski definition) is 3. The average Bonchev–Trinajstić information content (AvgIpc) is 2.61. The Kier molecular flexibility index (Phi) is 4.46. The molecule has 0 radical (unpaired) electrons. The fourth-order valence-corrected chi connectivity index (χ4v) is 3.02. The number of rotatable bonds is 2. The third-order valence-corrected chi connectivity index (χ3v) is 4.42. The van der Waals surface area contributed by atoms with Crippen molar-refractivity contribution in [3.8, 4) is 0 Å². The number of likely N-dealkylation sites (tertiary alicyclic amines) is 1. The fraction of sp³-hybridized carbons (Fsp3) is 0.278. The number of piperidine rings is 1. The minimum Gasteiger partial charge on any atom is -0.369 e. The van der Waals surface area contributed by atoms with Crippen molar-refractivity contribution in [2.45, 2.75) is 12.8 Å². The van der Waals surface area contributed by atoms with Crippen molar-refractivity contribution >= 4 is 34.2 Å². The van der Waals surface area contributed by atoms with E-state index in [9.17, 15) is 14.4 Å². The van der Waals surface area contributed by atoms with Crippen LogP contribution in [0.5, 0.6) is 0 Å². The number of hydrogen-bond donors (Lipinski definition) is 2. The zero-order valence-electron chi connectivity index (χ0n) is 13.2. The van der Waals surface area contributed by atoms with Crippen LogP contribution >= 0.6 is 0 Å². The lowest BCUT2D eigenvalue weighted by atomic mass is 9.96. The summed E-state index contributed by atoms with van der Waals surface area (Å²) in [6.45, 7) is 0.741. The topological polar surface area (TPSA) is 92.5 Å². The highest BCUT2D eigenvalue weighted by Crippen LogP contribution is 2.23. The Morgan fingerprint density at radius 2 is 1.71 bits per heavy atom. The van der Waals surface area contributed by atoms with E-state index in [1.807, 2.05) is 36.4 Å². The summed E-state index contributed by atoms with van der Waals surface area (Å²) in [7, 11) is 0. The van der Waals surface area contributed by atoms with Gasteiger partial charge in [-0.2, -0.15) is 0 Å². The first-order valence-electron chi connectivity index (χ1n) is 7.93. The number of carbonyl (C=O) groups excluding carboxylic acids is 3. The minimum atomic E-state index is -0.663. The third-order valence-electron chi connectivity index (χ3n) is 4.42. The Hall–Kier alpha value is -2.89. The standard InChI is InChI=1S/C18H19N3O3.2H2/c19-16(22)13-8-10-21(11-9-13)18(24)17(23)20-15-7-3-5-12-4-1-2-6-14(12)15;;/h1-7,13H,8-11H2,(H2,19,22)(H,20,23);2*1H. The van der Waals surface area contributed by atoms with Crippen LogP contribution < -0.4 is 11.1 Å². The molecule has 128 valence electrons. The molecule has 2 aromatic carbocycles. The molecule has 1 saturated heterocycles. The molecular weight excluding hydrogens is 306 g/mol. The van der Waals surface area contributed by atoms with Crippen molar-refractivity contribution < 1.29 is 17.2 Å². The highest BCUT2D eigenvalue weighted by Gasteiger charge is 2.29. The van der Waals surface area contributed by atoms with Crippen molar-refractivity contribution in [2.75, 3.05) is 18.4 Å². The number of nitrogens with two attached hydrogens (primary N) is 1. The summed E-state index contributed by atoms with van der Waals surface area (Å²) >= 11 is 0. The summed E-state index contributed by atoms with van der Waals surface area (Å²) in [6.07, 6.45) is 1.01. The van der Waals surface area contributed by atoms with Gasteiger partial charge in [-0.1, -0.05) is 36.4 Å². The van der Waals surface area contributed by atoms with Gasteiger partial charge in [-0.15, -0.1) is 0 Å². The largest absolute Gasteiger partial charge is 0.369 e. The zero-order valence-corrected chi connectivity index (χ0v) is 13.2. The van der Waals surface area contributed by atoms with Crippen molar-refractivity contribution in [1.82, 2.24) is 4.90 Å². The zero-order chi connectivity index (χ0) is 17.1. The number of nitrogens with zero attached hydrogens (tertiary/aromatic N) is 1. The van der Waals surface area contributed by atoms with Crippen molar-refractivity contribution in [3.05, 3.63) is 42.5 Å². The smallest absolute Gasteiger partial charge is 0.313 e. The number of benzene rings is 2. The van der Waals surface area contributed by atoms with Crippen LogP contribution in [-0.2, 0) is 14.4 Å². The van der Waals surface area contributed by atoms with Crippen LogP contribution in [-0.4, -0.2) is 35.7 Å². The Bertz CT molecular complexity index is 800. The third kappa shape index (κ3) is 3.22. The summed E-state index contributed by atoms with van der Waals surface area (Å²) in [5.74, 6) is -1.80. The maximum atomic E-state index is 12.3. The minimum absolute atomic E-state index is 0. The number of anilines is 1. The quantitative estimate of drug-likeness (QED) is 0.825. The van der Waals surface area contributed by atoms with Crippen LogP contribution in [0.15, 0.2) is 42.5 Å². The molecular formula is C18H23N3O3. The lowest BCUT2D eigenvalue weighted by Gasteiger charge is -2.30. The number of nitrogens with one attached hydrogen (secondary N) is 1. The Morgan fingerprint density at radius 3 is 2.42 bits per heavy atom. The molecule has 0 atom stereocenters. The molecule has 6 heteroatoms. The molecule has 1 aliphatic rings. The molecule has 3 amide bonds. The highest BCUT2D eigenvalue weighted by atomic mass is 16.2. The van der Waals surface area contributed by atoms with Gasteiger partial charge in [0.05, 0.1) is 0 Å². The maximum Gasteiger partial charge on any atom is 0.313 e. The molecule has 0 saturated carbocycles. The molecule has 1 aliphatic heterocycles. The Labute approximate surface area is 142 Å². The van der Waals surface area contributed by atoms with Gasteiger partial charge in [0.1, 0.15) is 0 Å². The first-order chi connectivity index (χ1) is 11.6. The van der Waals surface area contributed by atoms with Gasteiger partial charge < -0.3 is 16.0 Å². The van der Waals surface area contributed by atoms with Crippen LogP contribution in [0.2, 0.25) is 0 Å². The summed E-state index contributed by atoms with van der Waals surface area (Å²) in [4.78, 5) is 37.2. The van der Waals surface area contributed by atoms with E-state index in [1.54, 1.807) is 6.07 Å². The van der Waals surface area contributed by atoms with E-state index in [-0.39, 0.29) is 14.7 Å². The van der Waals surface area contributed by atoms with E-state index in [2.05, 4.69) is 5.32 Å². The first kappa shape index (κ1) is 16.0. The van der Waals surface area contributed by atoms with Gasteiger partial charge in [-0.05, 0) is 24.3 Å². The summed E-state index contributed by atoms with van der Waals surface area (Å²) < 4.78 is 0. The van der Waals surface area contributed by atoms with Crippen LogP contribution in [0.25, 0.3) is 10.8 Å². The van der Waals surface area contributed by atoms with Gasteiger partial charge in [0.15, 0.2) is 0 Å². The van der Waals surface area contributed by atoms with Crippen LogP contribution in [0.4, 0.5) is 5.69 Å². The Balaban J connectivity index is 0.00000169. The predicted molar refractivity (Wildman–Crippen MR) is 95.3 cm³/mol. The lowest BCUT2D eigenvalue weighted by molar-refractivity contribution is -0.144. The second kappa shape index (κ2) is 6.70. The van der Waals surface area contributed by atoms with Gasteiger partial charge in [-0.25, -0.2) is 0 Å². The van der Waals surface area contributed by atoms with Gasteiger partial charge >= 0.3 is 11.8 Å². The van der Waals surface area contributed by atoms with E-state index >= 15 is 0 Å². The second-order valence-electron chi connectivity index (χ2n) is 5.95. The molecule has 0 aliphatic carbocycles. The van der Waals surface area contributed by atoms with Gasteiger partial charge in [-0.3, -0.25) is 14.4 Å². The maximum absolute atomic E-state index is 12.3. The number of carbonyl (C=O) groups is 3. The highest BCUT2D eigenvalue weighted by molar-refractivity contribution is 6.40. The fourth-order valence-electron chi connectivity index (χ4n) is 3.02. The molecule has 0 aromatic heterocycles. The van der Waals surface area contributed by atoms with E-state index < -0.39 is 11.8 Å². The summed E-state index contributed by atoms with van der Waals surface area (Å²) in [5.41, 5.74) is 5.89. The molecule has 0 unspecified atom stereocenters. The molecule has 2 aromatic rings. The normalized spacial score (nSPS) is 15.2. The second-order valence-corrected chi connectivity index (χ2v) is 5.95. The van der Waals surface area contributed by atoms with Crippen molar-refractivity contribution in [3.63, 3.8) is 0 Å². The SMILES string of the molecule is NC(=O)C1CCN(C(=O)C(=O)Nc2cccc3ccccc23)CC1.[HH].[HH]. The summed E-state index contributed by atoms with van der Waals surface area (Å²) in [5, 5.41) is 4.57. The van der Waals surface area contributed by atoms with E-state index in [0.717, 1.165) is 10.8 Å². The molecule has 3 N–H and O–H groups in total. The van der Waals surface area contributed by atoms with Gasteiger partial charge in [0, 0.05) is 32.9 Å². The molecule has 24 heavy (non-hydrogen) atoms. The van der Waals surface area contributed by atoms with E-state index in [0.29, 0.717) is 31.6 Å². The van der Waals surface area contributed by atoms with E-state index in [1.165, 1.54) is 4.90 Å². The van der Waals surface area contributed by atoms with Crippen LogP contribution in [0.3, 0.4) is 0 Å². The van der Waals surface area contributed by atoms with Gasteiger partial charge in [0.25, 0.3) is 0 Å². The van der Waals surface area contributed by atoms with E-state index in [4.69, 9.17) is 5.73 Å². The monoisotopic (exact) mass is 329 g/mol. The van der Waals surface area contributed by atoms with Crippen LogP contribution in [0, 0.1) is 5.92 Å². The molecule has 0 bridgehead atoms. The number of amides is 3. The lowest BCUT2D eigenvalue weighted by Crippen LogP contribution is -2.46. The van der Waals surface area contributed by atoms with Crippen molar-refractivity contribution in [2.24, 2.45) is 11.7 Å². The molecule has 1 heterocycles. The molecule has 6 nitrogen and oxygen atoms in total. The Morgan fingerprint density at radius 1 is 1.04 bits per heavy atom. The van der Waals surface area contributed by atoms with Crippen LogP contribution in [0.1, 0.15) is 15.7 Å². The molecule has 1 fully saturated rings. The van der Waals surface area contributed by atoms with Gasteiger partial charge in [0.2, 0.25) is 5.91 Å². The number of primary amides is 1. The first-order valence-corrected chi connectivity index (χ1v) is 7.93. The number of fused-ring (bicyclic) bond motifs is 1. The summed E-state index contributed by atoms with van der Waals surface area (Å²) in [6, 6.07) is 13.2. The molecule has 3 rings (SSSR count). The molecule has 0 spiro atoms. The average molecular weight is 329 g/mol. The van der Waals surface area contributed by atoms with Crippen molar-refractivity contribution in [1.29, 1.82) is 0 Å². The predicted octanol–water partition coefficient (Wildman–Crippen LogP) is 1.99.